The Morgan fingerprint density at radius 3 is 2.76 bits per heavy atom. The number of rotatable bonds is 5. The molecule has 2 aromatic carbocycles. The van der Waals surface area contributed by atoms with Crippen LogP contribution in [0.15, 0.2) is 42.5 Å². The Kier molecular flexibility index (Phi) is 4.97. The molecule has 2 N–H and O–H groups in total. The van der Waals surface area contributed by atoms with E-state index >= 15 is 0 Å². The molecule has 0 fully saturated rings. The van der Waals surface area contributed by atoms with E-state index in [2.05, 4.69) is 19.1 Å². The Morgan fingerprint density at radius 1 is 1.24 bits per heavy atom. The van der Waals surface area contributed by atoms with E-state index in [9.17, 15) is 0 Å². The van der Waals surface area contributed by atoms with Crippen molar-refractivity contribution in [3.8, 4) is 11.8 Å². The Morgan fingerprint density at radius 2 is 2.05 bits per heavy atom. The average molecular weight is 280 g/mol. The molecule has 3 nitrogen and oxygen atoms in total. The highest BCUT2D eigenvalue weighted by atomic mass is 16.5. The second-order valence-corrected chi connectivity index (χ2v) is 5.39. The first kappa shape index (κ1) is 15.1. The van der Waals surface area contributed by atoms with Crippen molar-refractivity contribution in [1.82, 2.24) is 0 Å². The number of hydrogen-bond donors (Lipinski definition) is 1. The molecule has 108 valence electrons. The maximum atomic E-state index is 8.92. The first-order valence-electron chi connectivity index (χ1n) is 7.05. The van der Waals surface area contributed by atoms with Crippen molar-refractivity contribution in [2.75, 3.05) is 0 Å². The molecule has 21 heavy (non-hydrogen) atoms. The minimum atomic E-state index is 0.0936. The smallest absolute Gasteiger partial charge is 0.123 e. The second kappa shape index (κ2) is 6.92. The molecule has 2 aromatic rings. The van der Waals surface area contributed by atoms with Gasteiger partial charge >= 0.3 is 0 Å². The van der Waals surface area contributed by atoms with Crippen molar-refractivity contribution < 1.29 is 4.74 Å². The highest BCUT2D eigenvalue weighted by molar-refractivity contribution is 5.38. The summed E-state index contributed by atoms with van der Waals surface area (Å²) in [5, 5.41) is 8.92. The summed E-state index contributed by atoms with van der Waals surface area (Å²) < 4.78 is 5.91. The predicted molar refractivity (Wildman–Crippen MR) is 84.0 cm³/mol. The van der Waals surface area contributed by atoms with Crippen molar-refractivity contribution in [2.45, 2.75) is 32.9 Å². The summed E-state index contributed by atoms with van der Waals surface area (Å²) in [6, 6.07) is 15.8. The molecule has 0 amide bonds. The first-order chi connectivity index (χ1) is 10.1. The third-order valence-corrected chi connectivity index (χ3v) is 3.21. The Labute approximate surface area is 126 Å². The summed E-state index contributed by atoms with van der Waals surface area (Å²) in [7, 11) is 0. The van der Waals surface area contributed by atoms with E-state index in [1.165, 1.54) is 5.56 Å². The van der Waals surface area contributed by atoms with Crippen LogP contribution in [0.2, 0.25) is 0 Å². The molecular formula is C18H20N2O. The van der Waals surface area contributed by atoms with Crippen LogP contribution < -0.4 is 10.5 Å². The summed E-state index contributed by atoms with van der Waals surface area (Å²) in [5.74, 6) is 0.861. The van der Waals surface area contributed by atoms with Crippen LogP contribution in [-0.4, -0.2) is 6.04 Å². The number of aryl methyl sites for hydroxylation is 1. The summed E-state index contributed by atoms with van der Waals surface area (Å²) in [6.45, 7) is 4.50. The van der Waals surface area contributed by atoms with Gasteiger partial charge in [0.2, 0.25) is 0 Å². The third-order valence-electron chi connectivity index (χ3n) is 3.21. The van der Waals surface area contributed by atoms with Crippen LogP contribution in [0.5, 0.6) is 5.75 Å². The number of nitrogens with zero attached hydrogens (tertiary/aromatic N) is 1. The van der Waals surface area contributed by atoms with Crippen molar-refractivity contribution in [2.24, 2.45) is 5.73 Å². The monoisotopic (exact) mass is 280 g/mol. The summed E-state index contributed by atoms with van der Waals surface area (Å²) >= 11 is 0. The standard InChI is InChI=1S/C18H20N2O/c1-13-6-7-18(17(8-13)9-14(2)20)21-12-16-5-3-4-15(10-16)11-19/h3-8,10,14H,9,12,20H2,1-2H3. The lowest BCUT2D eigenvalue weighted by Gasteiger charge is -2.14. The zero-order valence-corrected chi connectivity index (χ0v) is 12.5. The molecule has 0 spiro atoms. The molecule has 0 heterocycles. The largest absolute Gasteiger partial charge is 0.489 e. The molecule has 2 rings (SSSR count). The quantitative estimate of drug-likeness (QED) is 0.913. The molecule has 3 heteroatoms. The molecule has 1 unspecified atom stereocenters. The molecule has 0 aromatic heterocycles. The maximum Gasteiger partial charge on any atom is 0.123 e. The molecule has 0 saturated heterocycles. The van der Waals surface area contributed by atoms with Crippen LogP contribution in [0, 0.1) is 18.3 Å². The van der Waals surface area contributed by atoms with E-state index < -0.39 is 0 Å². The topological polar surface area (TPSA) is 59.0 Å². The summed E-state index contributed by atoms with van der Waals surface area (Å²) in [4.78, 5) is 0. The first-order valence-corrected chi connectivity index (χ1v) is 7.05. The predicted octanol–water partition coefficient (Wildman–Crippen LogP) is 3.34. The molecule has 0 aliphatic heterocycles. The van der Waals surface area contributed by atoms with Gasteiger partial charge in [0.15, 0.2) is 0 Å². The minimum Gasteiger partial charge on any atom is -0.489 e. The van der Waals surface area contributed by atoms with Crippen LogP contribution in [-0.2, 0) is 13.0 Å². The molecule has 0 saturated carbocycles. The van der Waals surface area contributed by atoms with Crippen LogP contribution in [0.25, 0.3) is 0 Å². The highest BCUT2D eigenvalue weighted by Crippen LogP contribution is 2.22. The Bertz CT molecular complexity index is 657. The van der Waals surface area contributed by atoms with Gasteiger partial charge in [0.25, 0.3) is 0 Å². The van der Waals surface area contributed by atoms with Crippen molar-refractivity contribution >= 4 is 0 Å². The van der Waals surface area contributed by atoms with Crippen molar-refractivity contribution in [3.05, 3.63) is 64.7 Å². The van der Waals surface area contributed by atoms with Gasteiger partial charge < -0.3 is 10.5 Å². The zero-order valence-electron chi connectivity index (χ0n) is 12.5. The molecule has 1 atom stereocenters. The SMILES string of the molecule is Cc1ccc(OCc2cccc(C#N)c2)c(CC(C)N)c1. The Balaban J connectivity index is 2.14. The van der Waals surface area contributed by atoms with Gasteiger partial charge in [0.1, 0.15) is 12.4 Å². The third kappa shape index (κ3) is 4.34. The fraction of sp³-hybridized carbons (Fsp3) is 0.278. The average Bonchev–Trinajstić information content (AvgIpc) is 2.46. The summed E-state index contributed by atoms with van der Waals surface area (Å²) in [6.07, 6.45) is 0.787. The fourth-order valence-electron chi connectivity index (χ4n) is 2.25. The minimum absolute atomic E-state index is 0.0936. The van der Waals surface area contributed by atoms with Gasteiger partial charge in [-0.2, -0.15) is 5.26 Å². The number of hydrogen-bond acceptors (Lipinski definition) is 3. The summed E-state index contributed by atoms with van der Waals surface area (Å²) in [5.41, 5.74) is 9.86. The van der Waals surface area contributed by atoms with Gasteiger partial charge in [-0.1, -0.05) is 29.8 Å². The lowest BCUT2D eigenvalue weighted by Crippen LogP contribution is -2.18. The van der Waals surface area contributed by atoms with E-state index in [1.54, 1.807) is 6.07 Å². The fourth-order valence-corrected chi connectivity index (χ4v) is 2.25. The Hall–Kier alpha value is -2.31. The number of nitriles is 1. The van der Waals surface area contributed by atoms with Gasteiger partial charge in [-0.15, -0.1) is 0 Å². The molecular weight excluding hydrogens is 260 g/mol. The normalized spacial score (nSPS) is 11.7. The number of ether oxygens (including phenoxy) is 1. The maximum absolute atomic E-state index is 8.92. The van der Waals surface area contributed by atoms with E-state index in [1.807, 2.05) is 37.3 Å². The van der Waals surface area contributed by atoms with E-state index in [4.69, 9.17) is 15.7 Å². The van der Waals surface area contributed by atoms with Gasteiger partial charge in [-0.05, 0) is 49.6 Å². The highest BCUT2D eigenvalue weighted by Gasteiger charge is 2.07. The van der Waals surface area contributed by atoms with Crippen LogP contribution >= 0.6 is 0 Å². The lowest BCUT2D eigenvalue weighted by atomic mass is 10.0. The van der Waals surface area contributed by atoms with Crippen LogP contribution in [0.4, 0.5) is 0 Å². The van der Waals surface area contributed by atoms with Crippen molar-refractivity contribution in [3.63, 3.8) is 0 Å². The molecule has 0 aliphatic carbocycles. The van der Waals surface area contributed by atoms with Gasteiger partial charge in [0, 0.05) is 6.04 Å². The van der Waals surface area contributed by atoms with Crippen LogP contribution in [0.1, 0.15) is 29.2 Å². The van der Waals surface area contributed by atoms with Gasteiger partial charge in [0.05, 0.1) is 11.6 Å². The van der Waals surface area contributed by atoms with E-state index in [0.717, 1.165) is 23.3 Å². The van der Waals surface area contributed by atoms with E-state index in [-0.39, 0.29) is 6.04 Å². The van der Waals surface area contributed by atoms with E-state index in [0.29, 0.717) is 12.2 Å². The van der Waals surface area contributed by atoms with Crippen molar-refractivity contribution in [1.29, 1.82) is 5.26 Å². The number of benzene rings is 2. The molecule has 0 radical (unpaired) electrons. The lowest BCUT2D eigenvalue weighted by molar-refractivity contribution is 0.302. The van der Waals surface area contributed by atoms with Gasteiger partial charge in [-0.3, -0.25) is 0 Å². The van der Waals surface area contributed by atoms with Gasteiger partial charge in [-0.25, -0.2) is 0 Å². The molecule has 0 aliphatic rings. The number of nitrogens with two attached hydrogens (primary N) is 1. The zero-order chi connectivity index (χ0) is 15.2. The van der Waals surface area contributed by atoms with Crippen LogP contribution in [0.3, 0.4) is 0 Å². The second-order valence-electron chi connectivity index (χ2n) is 5.39. The molecule has 0 bridgehead atoms.